The van der Waals surface area contributed by atoms with E-state index >= 15 is 0 Å². The molecule has 10 heteroatoms. The lowest BCUT2D eigenvalue weighted by Crippen LogP contribution is -2.24. The zero-order valence-electron chi connectivity index (χ0n) is 14.0. The van der Waals surface area contributed by atoms with Crippen molar-refractivity contribution in [2.75, 3.05) is 0 Å². The second-order valence-corrected chi connectivity index (χ2v) is 5.68. The van der Waals surface area contributed by atoms with Crippen molar-refractivity contribution >= 4 is 5.91 Å². The first-order valence-electron chi connectivity index (χ1n) is 7.74. The summed E-state index contributed by atoms with van der Waals surface area (Å²) in [6.45, 7) is 3.23. The van der Waals surface area contributed by atoms with Crippen LogP contribution in [0.25, 0.3) is 5.69 Å². The molecule has 2 heterocycles. The number of carbonyl (C=O) groups is 1. The van der Waals surface area contributed by atoms with Crippen molar-refractivity contribution in [3.63, 3.8) is 0 Å². The quantitative estimate of drug-likeness (QED) is 0.638. The molecule has 0 saturated heterocycles. The number of hydrogen-bond donors (Lipinski definition) is 3. The molecular formula is C16H16F2N6O2. The summed E-state index contributed by atoms with van der Waals surface area (Å²) in [5, 5.41) is 22.5. The highest BCUT2D eigenvalue weighted by atomic mass is 19.1. The van der Waals surface area contributed by atoms with E-state index in [0.29, 0.717) is 11.5 Å². The summed E-state index contributed by atoms with van der Waals surface area (Å²) in [5.74, 6) is -1.38. The van der Waals surface area contributed by atoms with E-state index in [-0.39, 0.29) is 23.8 Å². The summed E-state index contributed by atoms with van der Waals surface area (Å²) in [7, 11) is 0. The Balaban J connectivity index is 1.74. The third-order valence-electron chi connectivity index (χ3n) is 3.60. The number of aromatic amines is 1. The number of halogens is 2. The van der Waals surface area contributed by atoms with Crippen molar-refractivity contribution in [3.05, 3.63) is 58.9 Å². The smallest absolute Gasteiger partial charge is 0.272 e. The van der Waals surface area contributed by atoms with Crippen molar-refractivity contribution in [2.24, 2.45) is 0 Å². The number of aliphatic hydroxyl groups excluding tert-OH is 1. The summed E-state index contributed by atoms with van der Waals surface area (Å²) >= 11 is 0. The van der Waals surface area contributed by atoms with Gasteiger partial charge in [0.05, 0.1) is 6.54 Å². The van der Waals surface area contributed by atoms with E-state index in [1.165, 1.54) is 23.7 Å². The standard InChI is InChI=1S/C16H16F2N6O2/c1-8-5-12(23-24(8)13-4-3-10(17)6-11(13)18)16(26)19-7-14-20-15(9(2)25)22-21-14/h3-6,9,25H,7H2,1-2H3,(H,19,26)(H,20,21,22)/t9-/m1/s1. The highest BCUT2D eigenvalue weighted by Crippen LogP contribution is 2.17. The molecule has 3 N–H and O–H groups in total. The van der Waals surface area contributed by atoms with Gasteiger partial charge in [0.1, 0.15) is 23.4 Å². The maximum absolute atomic E-state index is 13.9. The predicted octanol–water partition coefficient (Wildman–Crippen LogP) is 1.56. The van der Waals surface area contributed by atoms with Gasteiger partial charge in [0.2, 0.25) is 0 Å². The fourth-order valence-corrected chi connectivity index (χ4v) is 2.31. The average Bonchev–Trinajstić information content (AvgIpc) is 3.20. The van der Waals surface area contributed by atoms with Crippen LogP contribution in [-0.2, 0) is 6.54 Å². The fourth-order valence-electron chi connectivity index (χ4n) is 2.31. The number of hydrogen-bond acceptors (Lipinski definition) is 5. The lowest BCUT2D eigenvalue weighted by atomic mass is 10.3. The first-order valence-corrected chi connectivity index (χ1v) is 7.74. The Hall–Kier alpha value is -3.14. The Morgan fingerprint density at radius 1 is 1.38 bits per heavy atom. The zero-order chi connectivity index (χ0) is 18.8. The Morgan fingerprint density at radius 2 is 2.15 bits per heavy atom. The molecule has 1 aromatic carbocycles. The summed E-state index contributed by atoms with van der Waals surface area (Å²) in [6, 6.07) is 4.60. The number of aliphatic hydroxyl groups is 1. The number of rotatable bonds is 5. The maximum atomic E-state index is 13.9. The Labute approximate surface area is 146 Å². The number of nitrogens with zero attached hydrogens (tertiary/aromatic N) is 4. The Kier molecular flexibility index (Phi) is 4.76. The minimum Gasteiger partial charge on any atom is -0.385 e. The van der Waals surface area contributed by atoms with Gasteiger partial charge in [-0.2, -0.15) is 10.2 Å². The number of H-pyrrole nitrogens is 1. The van der Waals surface area contributed by atoms with Gasteiger partial charge in [-0.3, -0.25) is 9.89 Å². The number of aromatic nitrogens is 5. The molecule has 136 valence electrons. The molecule has 1 atom stereocenters. The van der Waals surface area contributed by atoms with Crippen molar-refractivity contribution in [1.82, 2.24) is 30.3 Å². The maximum Gasteiger partial charge on any atom is 0.272 e. The number of carbonyl (C=O) groups excluding carboxylic acids is 1. The minimum absolute atomic E-state index is 0.0414. The highest BCUT2D eigenvalue weighted by molar-refractivity contribution is 5.92. The molecule has 0 radical (unpaired) electrons. The number of amides is 1. The molecule has 0 saturated carbocycles. The highest BCUT2D eigenvalue weighted by Gasteiger charge is 2.16. The second-order valence-electron chi connectivity index (χ2n) is 5.68. The van der Waals surface area contributed by atoms with Gasteiger partial charge in [-0.15, -0.1) is 0 Å². The second kappa shape index (κ2) is 7.00. The number of benzene rings is 1. The lowest BCUT2D eigenvalue weighted by Gasteiger charge is -2.05. The van der Waals surface area contributed by atoms with Gasteiger partial charge in [0, 0.05) is 11.8 Å². The van der Waals surface area contributed by atoms with E-state index < -0.39 is 23.6 Å². The van der Waals surface area contributed by atoms with Gasteiger partial charge in [-0.05, 0) is 32.0 Å². The first kappa shape index (κ1) is 17.7. The zero-order valence-corrected chi connectivity index (χ0v) is 14.0. The summed E-state index contributed by atoms with van der Waals surface area (Å²) < 4.78 is 28.2. The SMILES string of the molecule is Cc1cc(C(=O)NCc2nc([C@@H](C)O)n[nH]2)nn1-c1ccc(F)cc1F. The van der Waals surface area contributed by atoms with E-state index in [1.54, 1.807) is 6.92 Å². The van der Waals surface area contributed by atoms with Crippen LogP contribution in [-0.4, -0.2) is 36.0 Å². The van der Waals surface area contributed by atoms with E-state index in [1.807, 2.05) is 0 Å². The van der Waals surface area contributed by atoms with Gasteiger partial charge in [0.15, 0.2) is 17.3 Å². The van der Waals surface area contributed by atoms with Crippen molar-refractivity contribution in [1.29, 1.82) is 0 Å². The van der Waals surface area contributed by atoms with Crippen LogP contribution >= 0.6 is 0 Å². The molecule has 0 aliphatic carbocycles. The third kappa shape index (κ3) is 3.59. The third-order valence-corrected chi connectivity index (χ3v) is 3.60. The average molecular weight is 362 g/mol. The van der Waals surface area contributed by atoms with E-state index in [9.17, 15) is 18.7 Å². The predicted molar refractivity (Wildman–Crippen MR) is 86.4 cm³/mol. The van der Waals surface area contributed by atoms with Crippen LogP contribution in [0.15, 0.2) is 24.3 Å². The Bertz CT molecular complexity index is 950. The largest absolute Gasteiger partial charge is 0.385 e. The van der Waals surface area contributed by atoms with E-state index in [4.69, 9.17) is 0 Å². The molecule has 1 amide bonds. The fraction of sp³-hybridized carbons (Fsp3) is 0.250. The molecule has 0 bridgehead atoms. The first-order chi connectivity index (χ1) is 12.3. The Morgan fingerprint density at radius 3 is 2.81 bits per heavy atom. The molecule has 0 unspecified atom stereocenters. The van der Waals surface area contributed by atoms with Gasteiger partial charge in [-0.1, -0.05) is 0 Å². The molecule has 2 aromatic heterocycles. The molecule has 3 rings (SSSR count). The topological polar surface area (TPSA) is 109 Å². The van der Waals surface area contributed by atoms with Crippen LogP contribution in [0.3, 0.4) is 0 Å². The van der Waals surface area contributed by atoms with Crippen molar-refractivity contribution < 1.29 is 18.7 Å². The van der Waals surface area contributed by atoms with Crippen LogP contribution in [0.1, 0.15) is 40.9 Å². The lowest BCUT2D eigenvalue weighted by molar-refractivity contribution is 0.0944. The summed E-state index contributed by atoms with van der Waals surface area (Å²) in [5.41, 5.74) is 0.623. The molecular weight excluding hydrogens is 346 g/mol. The molecule has 0 fully saturated rings. The number of nitrogens with one attached hydrogen (secondary N) is 2. The number of aryl methyl sites for hydroxylation is 1. The van der Waals surface area contributed by atoms with Gasteiger partial charge >= 0.3 is 0 Å². The van der Waals surface area contributed by atoms with Crippen LogP contribution in [0.5, 0.6) is 0 Å². The molecule has 8 nitrogen and oxygen atoms in total. The van der Waals surface area contributed by atoms with E-state index in [0.717, 1.165) is 12.1 Å². The molecule has 3 aromatic rings. The summed E-state index contributed by atoms with van der Waals surface area (Å²) in [4.78, 5) is 16.3. The van der Waals surface area contributed by atoms with Crippen LogP contribution in [0, 0.1) is 18.6 Å². The minimum atomic E-state index is -0.820. The summed E-state index contributed by atoms with van der Waals surface area (Å²) in [6.07, 6.45) is -0.820. The van der Waals surface area contributed by atoms with E-state index in [2.05, 4.69) is 25.6 Å². The normalized spacial score (nSPS) is 12.2. The van der Waals surface area contributed by atoms with Crippen LogP contribution < -0.4 is 5.32 Å². The van der Waals surface area contributed by atoms with Crippen molar-refractivity contribution in [3.8, 4) is 5.69 Å². The van der Waals surface area contributed by atoms with Gasteiger partial charge in [0.25, 0.3) is 5.91 Å². The molecule has 0 aliphatic rings. The van der Waals surface area contributed by atoms with Gasteiger partial charge < -0.3 is 10.4 Å². The van der Waals surface area contributed by atoms with Crippen LogP contribution in [0.2, 0.25) is 0 Å². The van der Waals surface area contributed by atoms with Crippen LogP contribution in [0.4, 0.5) is 8.78 Å². The molecule has 0 spiro atoms. The monoisotopic (exact) mass is 362 g/mol. The van der Waals surface area contributed by atoms with Crippen molar-refractivity contribution in [2.45, 2.75) is 26.5 Å². The molecule has 26 heavy (non-hydrogen) atoms. The molecule has 0 aliphatic heterocycles. The van der Waals surface area contributed by atoms with Gasteiger partial charge in [-0.25, -0.2) is 18.4 Å².